The molecule has 0 spiro atoms. The van der Waals surface area contributed by atoms with Crippen LogP contribution in [0.2, 0.25) is 0 Å². The lowest BCUT2D eigenvalue weighted by Crippen LogP contribution is -2.66. The number of cyclic esters (lactones) is 1. The van der Waals surface area contributed by atoms with Crippen LogP contribution in [0.5, 0.6) is 0 Å². The third kappa shape index (κ3) is 31.4. The Bertz CT molecular complexity index is 3280. The zero-order valence-electron chi connectivity index (χ0n) is 67.4. The molecule has 0 aromatic rings. The number of likely N-dealkylation sites (N-methyl/N-ethyl adjacent to an activating group) is 2. The van der Waals surface area contributed by atoms with Crippen molar-refractivity contribution in [2.75, 3.05) is 34.3 Å². The van der Waals surface area contributed by atoms with Crippen molar-refractivity contribution in [3.05, 3.63) is 0 Å². The van der Waals surface area contributed by atoms with Gasteiger partial charge in [-0.25, -0.2) is 4.79 Å². The predicted molar refractivity (Wildman–Crippen MR) is 400 cm³/mol. The maximum absolute atomic E-state index is 15.2. The summed E-state index contributed by atoms with van der Waals surface area (Å²) >= 11 is 0. The number of nitrogens with two attached hydrogens (primary N) is 5. The molecule has 22 unspecified atom stereocenters. The average molecular weight is 1600 g/mol. The van der Waals surface area contributed by atoms with Crippen molar-refractivity contribution in [1.29, 1.82) is 0 Å². The summed E-state index contributed by atoms with van der Waals surface area (Å²) < 4.78 is 11.1. The van der Waals surface area contributed by atoms with E-state index < -0.39 is 270 Å². The molecule has 0 radical (unpaired) electrons. The van der Waals surface area contributed by atoms with Crippen LogP contribution in [0, 0.1) is 41.4 Å². The van der Waals surface area contributed by atoms with Gasteiger partial charge in [0.2, 0.25) is 88.6 Å². The fourth-order valence-electron chi connectivity index (χ4n) is 12.3. The Balaban J connectivity index is 4.54. The number of rotatable bonds is 37. The number of esters is 1. The zero-order chi connectivity index (χ0) is 86.6. The average Bonchev–Trinajstić information content (AvgIpc) is 0.865. The van der Waals surface area contributed by atoms with E-state index in [9.17, 15) is 97.5 Å². The largest absolute Gasteiger partial charge is 0.458 e. The summed E-state index contributed by atoms with van der Waals surface area (Å²) in [6, 6.07) is -21.9. The first-order chi connectivity index (χ1) is 51.7. The number of nitrogens with one attached hydrogen (secondary N) is 10. The maximum Gasteiger partial charge on any atom is 0.329 e. The van der Waals surface area contributed by atoms with E-state index in [1.165, 1.54) is 20.8 Å². The number of hydrogen-bond donors (Lipinski definition) is 20. The Morgan fingerprint density at radius 1 is 0.616 bits per heavy atom. The molecular formula is C71H125N17O24. The molecule has 0 aromatic heterocycles. The van der Waals surface area contributed by atoms with E-state index in [1.54, 1.807) is 34.6 Å². The third-order valence-electron chi connectivity index (χ3n) is 19.6. The molecule has 1 rings (SSSR count). The van der Waals surface area contributed by atoms with Crippen LogP contribution in [-0.4, -0.2) is 279 Å². The summed E-state index contributed by atoms with van der Waals surface area (Å²) in [5.41, 5.74) is 26.0. The molecule has 22 atom stereocenters. The molecule has 1 saturated heterocycles. The van der Waals surface area contributed by atoms with E-state index in [2.05, 4.69) is 53.2 Å². The summed E-state index contributed by atoms with van der Waals surface area (Å²) in [5.74, 6) is -26.5. The van der Waals surface area contributed by atoms with Crippen LogP contribution >= 0.6 is 0 Å². The quantitative estimate of drug-likeness (QED) is 0.0257. The highest BCUT2D eigenvalue weighted by Gasteiger charge is 2.48. The van der Waals surface area contributed by atoms with Gasteiger partial charge in [0.15, 0.2) is 12.2 Å². The fraction of sp³-hybridized carbons (Fsp3) is 0.761. The van der Waals surface area contributed by atoms with Crippen LogP contribution in [0.25, 0.3) is 0 Å². The van der Waals surface area contributed by atoms with E-state index in [-0.39, 0.29) is 38.1 Å². The van der Waals surface area contributed by atoms with Gasteiger partial charge in [-0.3, -0.25) is 76.7 Å². The molecule has 0 aromatic carbocycles. The van der Waals surface area contributed by atoms with Crippen molar-refractivity contribution in [3.8, 4) is 0 Å². The summed E-state index contributed by atoms with van der Waals surface area (Å²) in [7, 11) is 2.98. The Morgan fingerprint density at radius 2 is 1.15 bits per heavy atom. The zero-order valence-corrected chi connectivity index (χ0v) is 67.4. The summed E-state index contributed by atoms with van der Waals surface area (Å²) in [4.78, 5) is 241. The minimum Gasteiger partial charge on any atom is -0.458 e. The molecule has 638 valence electrons. The van der Waals surface area contributed by atoms with Gasteiger partial charge in [-0.15, -0.1) is 0 Å². The number of methoxy groups -OCH3 is 1. The standard InChI is InChI=1S/C71H125N17O24/c1-19-32(6)27-33(7)52(93)36(10)59(98)81-43(29-77-39(13)90)61(100)86-56(71(14,15)110)53(94)54(95)67(106)82-48(34(8)35(9)57(75)96)63(102)84-50-38(12)112-70(109)45(26-31(4)5)88(17)69(108)42(28-47(74)92)80-66(105)51(55(111-18)58(76)97)85-62(101)44(22-23-46(73)91)87(16)68(107)41(25-30(2)3)79-60(99)40(21-20-24-72)78-64(103)49(37(11)89)83-65(50)104/h30-38,40-45,48-56,89,93-95,110H,19-29,72H2,1-18H3,(H2,73,91)(H2,74,92)(H2,75,96)(H2,76,97)(H,77,90)(H,78,103)(H,79,99)(H,80,105)(H,81,98)(H,82,106)(H,83,104)(H,84,102)(H,85,101)(H,86,100). The Morgan fingerprint density at radius 3 is 1.64 bits per heavy atom. The van der Waals surface area contributed by atoms with Crippen LogP contribution in [0.4, 0.5) is 0 Å². The van der Waals surface area contributed by atoms with E-state index in [0.29, 0.717) is 11.3 Å². The first-order valence-electron chi connectivity index (χ1n) is 37.3. The summed E-state index contributed by atoms with van der Waals surface area (Å²) in [6.07, 6.45) is -14.6. The van der Waals surface area contributed by atoms with Crippen LogP contribution in [0.3, 0.4) is 0 Å². The number of ether oxygens (including phenoxy) is 2. The third-order valence-corrected chi connectivity index (χ3v) is 19.6. The van der Waals surface area contributed by atoms with Gasteiger partial charge in [0.1, 0.15) is 72.6 Å². The number of aliphatic hydroxyl groups is 5. The highest BCUT2D eigenvalue weighted by Crippen LogP contribution is 2.25. The van der Waals surface area contributed by atoms with Gasteiger partial charge in [0, 0.05) is 47.0 Å². The van der Waals surface area contributed by atoms with E-state index in [4.69, 9.17) is 38.1 Å². The van der Waals surface area contributed by atoms with E-state index >= 15 is 9.59 Å². The number of carbonyl (C=O) groups excluding carboxylic acids is 17. The SMILES string of the molecule is CCC(C)CC(C)C(O)C(C)C(=O)NC(CNC(C)=O)C(=O)NC(C(O)C(O)C(=O)NC(C(=O)NC1C(=O)NC(C(C)O)C(=O)NC(CCCN)C(=O)NC(CC(C)C)C(=O)N(C)C(CCC(N)=O)C(=O)NC(C(OC)C(N)=O)C(=O)NC(CC(N)=O)C(=O)N(C)C(CC(C)C)C(=O)OC1C)C(C)C(C)C(N)=O)C(C)(C)O. The van der Waals surface area contributed by atoms with Crippen molar-refractivity contribution >= 4 is 100 Å². The predicted octanol–water partition coefficient (Wildman–Crippen LogP) is -7.74. The lowest BCUT2D eigenvalue weighted by Gasteiger charge is -2.37. The van der Waals surface area contributed by atoms with Gasteiger partial charge >= 0.3 is 5.97 Å². The van der Waals surface area contributed by atoms with Crippen molar-refractivity contribution in [2.45, 2.75) is 270 Å². The van der Waals surface area contributed by atoms with Gasteiger partial charge in [0.25, 0.3) is 5.91 Å². The van der Waals surface area contributed by atoms with Crippen molar-refractivity contribution in [1.82, 2.24) is 63.0 Å². The molecule has 0 bridgehead atoms. The van der Waals surface area contributed by atoms with Crippen LogP contribution in [0.15, 0.2) is 0 Å². The number of amides is 16. The summed E-state index contributed by atoms with van der Waals surface area (Å²) in [5, 5.41) is 80.9. The van der Waals surface area contributed by atoms with Gasteiger partial charge in [0.05, 0.1) is 36.2 Å². The molecule has 1 aliphatic rings. The second-order valence-electron chi connectivity index (χ2n) is 30.5. The maximum atomic E-state index is 15.2. The van der Waals surface area contributed by atoms with Gasteiger partial charge in [-0.05, 0) is 102 Å². The van der Waals surface area contributed by atoms with Crippen LogP contribution < -0.4 is 81.8 Å². The molecule has 0 saturated carbocycles. The molecule has 1 heterocycles. The molecular weight excluding hydrogens is 1470 g/mol. The highest BCUT2D eigenvalue weighted by molar-refractivity contribution is 6.02. The molecule has 41 nitrogen and oxygen atoms in total. The normalized spacial score (nSPS) is 24.0. The minimum absolute atomic E-state index is 0.0199. The Kier molecular flexibility index (Phi) is 41.9. The molecule has 112 heavy (non-hydrogen) atoms. The second kappa shape index (κ2) is 46.6. The fourth-order valence-corrected chi connectivity index (χ4v) is 12.3. The minimum atomic E-state index is -2.79. The van der Waals surface area contributed by atoms with Gasteiger partial charge in [-0.1, -0.05) is 75.7 Å². The molecule has 1 aliphatic heterocycles. The molecule has 25 N–H and O–H groups in total. The highest BCUT2D eigenvalue weighted by atomic mass is 16.5. The first kappa shape index (κ1) is 101. The monoisotopic (exact) mass is 1600 g/mol. The lowest BCUT2D eigenvalue weighted by molar-refractivity contribution is -0.162. The topological polar surface area (TPSA) is 667 Å². The molecule has 41 heteroatoms. The summed E-state index contributed by atoms with van der Waals surface area (Å²) in [6.45, 7) is 20.3. The van der Waals surface area contributed by atoms with Crippen LogP contribution in [0.1, 0.15) is 162 Å². The number of primary amides is 4. The van der Waals surface area contributed by atoms with Gasteiger partial charge in [-0.2, -0.15) is 0 Å². The van der Waals surface area contributed by atoms with E-state index in [1.807, 2.05) is 13.8 Å². The number of nitrogens with zero attached hydrogens (tertiary/aromatic N) is 2. The van der Waals surface area contributed by atoms with Crippen LogP contribution in [-0.2, 0) is 91.0 Å². The van der Waals surface area contributed by atoms with Gasteiger partial charge < -0.3 is 127 Å². The Hall–Kier alpha value is -9.29. The first-order valence-corrected chi connectivity index (χ1v) is 37.3. The van der Waals surface area contributed by atoms with Crippen molar-refractivity contribution in [2.24, 2.45) is 70.1 Å². The number of carbonyl (C=O) groups is 17. The van der Waals surface area contributed by atoms with Crippen molar-refractivity contribution < 1.29 is 117 Å². The molecule has 0 aliphatic carbocycles. The van der Waals surface area contributed by atoms with E-state index in [0.717, 1.165) is 67.1 Å². The Labute approximate surface area is 652 Å². The van der Waals surface area contributed by atoms with Crippen molar-refractivity contribution in [3.63, 3.8) is 0 Å². The smallest absolute Gasteiger partial charge is 0.329 e. The number of hydrogen-bond acceptors (Lipinski definition) is 25. The second-order valence-corrected chi connectivity index (χ2v) is 30.5. The lowest BCUT2D eigenvalue weighted by atomic mass is 9.85. The molecule has 1 fully saturated rings. The number of aliphatic hydroxyl groups excluding tert-OH is 4. The molecule has 16 amide bonds.